The lowest BCUT2D eigenvalue weighted by atomic mass is 9.88. The van der Waals surface area contributed by atoms with Crippen LogP contribution in [0.25, 0.3) is 0 Å². The number of rotatable bonds is 1. The molecule has 1 rings (SSSR count). The van der Waals surface area contributed by atoms with Gasteiger partial charge in [-0.1, -0.05) is 32.4 Å². The molecule has 0 fully saturated rings. The first kappa shape index (κ1) is 9.50. The normalized spacial score (nSPS) is 34.2. The minimum atomic E-state index is -0.201. The first-order valence-corrected chi connectivity index (χ1v) is 4.64. The summed E-state index contributed by atoms with van der Waals surface area (Å²) in [6, 6.07) is 0. The van der Waals surface area contributed by atoms with Gasteiger partial charge in [0.05, 0.1) is 0 Å². The molecule has 1 heteroatoms. The summed E-state index contributed by atoms with van der Waals surface area (Å²) in [6.07, 6.45) is 8.67. The molecule has 0 radical (unpaired) electrons. The predicted molar refractivity (Wildman–Crippen MR) is 50.9 cm³/mol. The van der Waals surface area contributed by atoms with E-state index in [1.807, 2.05) is 6.92 Å². The van der Waals surface area contributed by atoms with Crippen LogP contribution in [0.2, 0.25) is 0 Å². The van der Waals surface area contributed by atoms with E-state index >= 15 is 0 Å². The zero-order valence-electron chi connectivity index (χ0n) is 8.26. The molecule has 1 aliphatic carbocycles. The van der Waals surface area contributed by atoms with E-state index in [4.69, 9.17) is 0 Å². The molecule has 0 heterocycles. The highest BCUT2D eigenvalue weighted by Gasteiger charge is 2.26. The molecule has 0 N–H and O–H groups in total. The van der Waals surface area contributed by atoms with Gasteiger partial charge in [-0.2, -0.15) is 0 Å². The molecule has 0 aromatic carbocycles. The Morgan fingerprint density at radius 1 is 1.17 bits per heavy atom. The van der Waals surface area contributed by atoms with Gasteiger partial charge in [0.15, 0.2) is 0 Å². The van der Waals surface area contributed by atoms with Crippen molar-refractivity contribution in [3.8, 4) is 0 Å². The molecular formula is C11H18O. The molecule has 0 saturated carbocycles. The molecular weight excluding hydrogens is 148 g/mol. The first-order chi connectivity index (χ1) is 5.47. The van der Waals surface area contributed by atoms with E-state index in [2.05, 4.69) is 26.0 Å². The maximum atomic E-state index is 10.8. The van der Waals surface area contributed by atoms with E-state index in [9.17, 15) is 4.79 Å². The van der Waals surface area contributed by atoms with Crippen molar-refractivity contribution in [2.75, 3.05) is 0 Å². The van der Waals surface area contributed by atoms with Gasteiger partial charge in [-0.25, -0.2) is 0 Å². The topological polar surface area (TPSA) is 17.1 Å². The SMILES string of the molecule is CC1(C)C=CC(C)(C=O)CCC1. The molecule has 0 bridgehead atoms. The Morgan fingerprint density at radius 3 is 2.42 bits per heavy atom. The molecule has 1 unspecified atom stereocenters. The van der Waals surface area contributed by atoms with Crippen LogP contribution in [-0.4, -0.2) is 6.29 Å². The van der Waals surface area contributed by atoms with Gasteiger partial charge < -0.3 is 4.79 Å². The highest BCUT2D eigenvalue weighted by molar-refractivity contribution is 5.62. The van der Waals surface area contributed by atoms with Crippen LogP contribution in [0, 0.1) is 10.8 Å². The van der Waals surface area contributed by atoms with Crippen LogP contribution in [0.1, 0.15) is 40.0 Å². The van der Waals surface area contributed by atoms with Gasteiger partial charge in [-0.15, -0.1) is 0 Å². The summed E-state index contributed by atoms with van der Waals surface area (Å²) >= 11 is 0. The van der Waals surface area contributed by atoms with E-state index in [-0.39, 0.29) is 10.8 Å². The van der Waals surface area contributed by atoms with Crippen LogP contribution in [0.5, 0.6) is 0 Å². The molecule has 0 aromatic heterocycles. The fraction of sp³-hybridized carbons (Fsp3) is 0.727. The van der Waals surface area contributed by atoms with Crippen LogP contribution in [0.3, 0.4) is 0 Å². The van der Waals surface area contributed by atoms with Gasteiger partial charge in [0, 0.05) is 5.41 Å². The smallest absolute Gasteiger partial charge is 0.129 e. The minimum absolute atomic E-state index is 0.201. The Bertz CT molecular complexity index is 203. The van der Waals surface area contributed by atoms with Gasteiger partial charge in [0.1, 0.15) is 6.29 Å². The van der Waals surface area contributed by atoms with Crippen molar-refractivity contribution < 1.29 is 4.79 Å². The zero-order valence-corrected chi connectivity index (χ0v) is 8.26. The lowest BCUT2D eigenvalue weighted by Crippen LogP contribution is -2.13. The molecule has 0 amide bonds. The van der Waals surface area contributed by atoms with E-state index in [0.29, 0.717) is 0 Å². The van der Waals surface area contributed by atoms with Gasteiger partial charge in [-0.3, -0.25) is 0 Å². The van der Waals surface area contributed by atoms with Crippen molar-refractivity contribution in [2.45, 2.75) is 40.0 Å². The summed E-state index contributed by atoms with van der Waals surface area (Å²) in [5.74, 6) is 0. The van der Waals surface area contributed by atoms with Gasteiger partial charge in [0.2, 0.25) is 0 Å². The third kappa shape index (κ3) is 2.20. The number of hydrogen-bond donors (Lipinski definition) is 0. The standard InChI is InChI=1S/C11H18O/c1-10(2)5-4-6-11(3,9-12)8-7-10/h7-9H,4-6H2,1-3H3. The monoisotopic (exact) mass is 166 g/mol. The Hall–Kier alpha value is -0.590. The molecule has 0 spiro atoms. The van der Waals surface area contributed by atoms with E-state index in [0.717, 1.165) is 19.1 Å². The first-order valence-electron chi connectivity index (χ1n) is 4.64. The van der Waals surface area contributed by atoms with Crippen LogP contribution in [0.15, 0.2) is 12.2 Å². The van der Waals surface area contributed by atoms with Gasteiger partial charge in [0.25, 0.3) is 0 Å². The van der Waals surface area contributed by atoms with Crippen molar-refractivity contribution in [1.82, 2.24) is 0 Å². The number of aldehydes is 1. The zero-order chi connectivity index (χ0) is 9.24. The van der Waals surface area contributed by atoms with Crippen molar-refractivity contribution in [2.24, 2.45) is 10.8 Å². The van der Waals surface area contributed by atoms with Gasteiger partial charge >= 0.3 is 0 Å². The number of carbonyl (C=O) groups is 1. The summed E-state index contributed by atoms with van der Waals surface area (Å²) in [4.78, 5) is 10.8. The minimum Gasteiger partial charge on any atom is -0.302 e. The van der Waals surface area contributed by atoms with Crippen molar-refractivity contribution in [3.63, 3.8) is 0 Å². The van der Waals surface area contributed by atoms with Crippen LogP contribution >= 0.6 is 0 Å². The number of allylic oxidation sites excluding steroid dienone is 2. The maximum Gasteiger partial charge on any atom is 0.129 e. The quantitative estimate of drug-likeness (QED) is 0.432. The lowest BCUT2D eigenvalue weighted by molar-refractivity contribution is -0.113. The second-order valence-electron chi connectivity index (χ2n) is 4.80. The molecule has 0 saturated heterocycles. The Balaban J connectivity index is 2.81. The third-order valence-corrected chi connectivity index (χ3v) is 2.72. The van der Waals surface area contributed by atoms with Crippen molar-refractivity contribution in [1.29, 1.82) is 0 Å². The van der Waals surface area contributed by atoms with E-state index in [1.54, 1.807) is 0 Å². The summed E-state index contributed by atoms with van der Waals surface area (Å²) in [6.45, 7) is 6.46. The average Bonchev–Trinajstić information content (AvgIpc) is 2.13. The second kappa shape index (κ2) is 3.04. The Labute approximate surface area is 74.9 Å². The summed E-state index contributed by atoms with van der Waals surface area (Å²) in [5.41, 5.74) is 0.0779. The highest BCUT2D eigenvalue weighted by Crippen LogP contribution is 2.35. The van der Waals surface area contributed by atoms with Crippen LogP contribution in [-0.2, 0) is 4.79 Å². The molecule has 1 nitrogen and oxygen atoms in total. The summed E-state index contributed by atoms with van der Waals surface area (Å²) in [5, 5.41) is 0. The van der Waals surface area contributed by atoms with E-state index in [1.165, 1.54) is 6.42 Å². The van der Waals surface area contributed by atoms with Crippen LogP contribution in [0.4, 0.5) is 0 Å². The van der Waals surface area contributed by atoms with E-state index < -0.39 is 0 Å². The van der Waals surface area contributed by atoms with Crippen molar-refractivity contribution >= 4 is 6.29 Å². The van der Waals surface area contributed by atoms with Crippen molar-refractivity contribution in [3.05, 3.63) is 12.2 Å². The highest BCUT2D eigenvalue weighted by atomic mass is 16.1. The third-order valence-electron chi connectivity index (χ3n) is 2.72. The lowest BCUT2D eigenvalue weighted by Gasteiger charge is -2.17. The molecule has 12 heavy (non-hydrogen) atoms. The largest absolute Gasteiger partial charge is 0.302 e. The second-order valence-corrected chi connectivity index (χ2v) is 4.80. The fourth-order valence-corrected chi connectivity index (χ4v) is 1.61. The molecule has 0 aromatic rings. The molecule has 68 valence electrons. The molecule has 1 aliphatic rings. The Kier molecular flexibility index (Phi) is 2.41. The summed E-state index contributed by atoms with van der Waals surface area (Å²) in [7, 11) is 0. The van der Waals surface area contributed by atoms with Gasteiger partial charge in [-0.05, 0) is 25.2 Å². The molecule has 1 atom stereocenters. The summed E-state index contributed by atoms with van der Waals surface area (Å²) < 4.78 is 0. The predicted octanol–water partition coefficient (Wildman–Crippen LogP) is 2.96. The fourth-order valence-electron chi connectivity index (χ4n) is 1.61. The molecule has 0 aliphatic heterocycles. The number of hydrogen-bond acceptors (Lipinski definition) is 1. The number of carbonyl (C=O) groups excluding carboxylic acids is 1. The van der Waals surface area contributed by atoms with Crippen LogP contribution < -0.4 is 0 Å². The Morgan fingerprint density at radius 2 is 1.83 bits per heavy atom. The average molecular weight is 166 g/mol. The maximum absolute atomic E-state index is 10.8.